The van der Waals surface area contributed by atoms with Gasteiger partial charge in [0, 0.05) is 23.6 Å². The summed E-state index contributed by atoms with van der Waals surface area (Å²) in [6, 6.07) is 7.23. The number of hydrogen-bond acceptors (Lipinski definition) is 7. The van der Waals surface area contributed by atoms with E-state index in [1.807, 2.05) is 12.1 Å². The van der Waals surface area contributed by atoms with Crippen LogP contribution in [0.3, 0.4) is 0 Å². The van der Waals surface area contributed by atoms with Crippen LogP contribution in [0.2, 0.25) is 0 Å². The lowest BCUT2D eigenvalue weighted by atomic mass is 9.96. The van der Waals surface area contributed by atoms with Gasteiger partial charge in [0.05, 0.1) is 50.4 Å². The molecule has 3 aromatic rings. The van der Waals surface area contributed by atoms with E-state index >= 15 is 0 Å². The first-order valence-corrected chi connectivity index (χ1v) is 9.57. The molecule has 0 fully saturated rings. The lowest BCUT2D eigenvalue weighted by molar-refractivity contribution is 0.0977. The van der Waals surface area contributed by atoms with E-state index in [0.29, 0.717) is 57.9 Å². The van der Waals surface area contributed by atoms with Crippen molar-refractivity contribution in [1.82, 2.24) is 10.2 Å². The number of amides is 1. The Kier molecular flexibility index (Phi) is 5.17. The standard InChI is InChI=1S/C22H23N3O5/c1-12(26)14-9-15-16(10-19(14)29-3)24-23-11-17(15)25-8-7-13-5-6-18(28-2)21(30-4)20(13)22(25)27/h5-6,9-12,26H,7-8H2,1-4H3. The summed E-state index contributed by atoms with van der Waals surface area (Å²) in [4.78, 5) is 15.2. The van der Waals surface area contributed by atoms with Gasteiger partial charge in [-0.15, -0.1) is 0 Å². The normalized spacial score (nSPS) is 14.4. The van der Waals surface area contributed by atoms with Gasteiger partial charge in [-0.2, -0.15) is 10.2 Å². The van der Waals surface area contributed by atoms with Gasteiger partial charge in [0.1, 0.15) is 5.75 Å². The number of nitrogens with zero attached hydrogens (tertiary/aromatic N) is 3. The summed E-state index contributed by atoms with van der Waals surface area (Å²) >= 11 is 0. The Balaban J connectivity index is 1.88. The zero-order valence-electron chi connectivity index (χ0n) is 17.3. The van der Waals surface area contributed by atoms with Crippen LogP contribution >= 0.6 is 0 Å². The molecule has 1 amide bonds. The molecule has 0 bridgehead atoms. The molecule has 2 heterocycles. The maximum Gasteiger partial charge on any atom is 0.262 e. The summed E-state index contributed by atoms with van der Waals surface area (Å²) in [5, 5.41) is 19.2. The smallest absolute Gasteiger partial charge is 0.262 e. The second-order valence-electron chi connectivity index (χ2n) is 7.06. The fourth-order valence-electron chi connectivity index (χ4n) is 3.92. The monoisotopic (exact) mass is 409 g/mol. The maximum atomic E-state index is 13.5. The molecule has 156 valence electrons. The van der Waals surface area contributed by atoms with E-state index in [1.54, 1.807) is 37.3 Å². The van der Waals surface area contributed by atoms with Crippen LogP contribution in [0.5, 0.6) is 17.2 Å². The lowest BCUT2D eigenvalue weighted by Crippen LogP contribution is -2.38. The Hall–Kier alpha value is -3.39. The summed E-state index contributed by atoms with van der Waals surface area (Å²) in [5.41, 5.74) is 3.20. The van der Waals surface area contributed by atoms with Gasteiger partial charge >= 0.3 is 0 Å². The van der Waals surface area contributed by atoms with Crippen LogP contribution in [0.4, 0.5) is 5.69 Å². The van der Waals surface area contributed by atoms with Gasteiger partial charge < -0.3 is 24.2 Å². The number of rotatable bonds is 5. The molecule has 1 unspecified atom stereocenters. The average Bonchev–Trinajstić information content (AvgIpc) is 2.77. The zero-order valence-corrected chi connectivity index (χ0v) is 17.3. The number of aromatic nitrogens is 2. The number of aliphatic hydroxyl groups excluding tert-OH is 1. The van der Waals surface area contributed by atoms with Crippen molar-refractivity contribution in [3.05, 3.63) is 47.2 Å². The summed E-state index contributed by atoms with van der Waals surface area (Å²) in [5.74, 6) is 1.24. The van der Waals surface area contributed by atoms with Crippen LogP contribution in [0.25, 0.3) is 10.9 Å². The number of benzene rings is 2. The van der Waals surface area contributed by atoms with Crippen molar-refractivity contribution in [3.8, 4) is 17.2 Å². The van der Waals surface area contributed by atoms with Crippen molar-refractivity contribution in [2.24, 2.45) is 0 Å². The molecule has 1 aromatic heterocycles. The fourth-order valence-corrected chi connectivity index (χ4v) is 3.92. The van der Waals surface area contributed by atoms with Crippen molar-refractivity contribution >= 4 is 22.5 Å². The highest BCUT2D eigenvalue weighted by atomic mass is 16.5. The highest BCUT2D eigenvalue weighted by Crippen LogP contribution is 2.39. The zero-order chi connectivity index (χ0) is 21.4. The van der Waals surface area contributed by atoms with E-state index in [2.05, 4.69) is 10.2 Å². The minimum atomic E-state index is -0.743. The molecule has 0 saturated carbocycles. The van der Waals surface area contributed by atoms with E-state index < -0.39 is 6.10 Å². The van der Waals surface area contributed by atoms with Gasteiger partial charge in [-0.25, -0.2) is 0 Å². The van der Waals surface area contributed by atoms with Crippen molar-refractivity contribution in [2.45, 2.75) is 19.4 Å². The molecule has 1 N–H and O–H groups in total. The first kappa shape index (κ1) is 19.9. The van der Waals surface area contributed by atoms with E-state index in [4.69, 9.17) is 14.2 Å². The minimum Gasteiger partial charge on any atom is -0.496 e. The largest absolute Gasteiger partial charge is 0.496 e. The van der Waals surface area contributed by atoms with Crippen molar-refractivity contribution in [3.63, 3.8) is 0 Å². The number of carbonyl (C=O) groups excluding carboxylic acids is 1. The van der Waals surface area contributed by atoms with E-state index in [1.165, 1.54) is 14.2 Å². The Labute approximate surface area is 174 Å². The molecule has 0 aliphatic carbocycles. The molecule has 30 heavy (non-hydrogen) atoms. The number of aliphatic hydroxyl groups is 1. The molecular formula is C22H23N3O5. The Morgan fingerprint density at radius 3 is 2.53 bits per heavy atom. The highest BCUT2D eigenvalue weighted by molar-refractivity contribution is 6.13. The van der Waals surface area contributed by atoms with Crippen LogP contribution in [0.1, 0.15) is 34.5 Å². The third-order valence-electron chi connectivity index (χ3n) is 5.41. The molecule has 1 aliphatic rings. The SMILES string of the molecule is COc1cc2nncc(N3CCc4ccc(OC)c(OC)c4C3=O)c2cc1C(C)O. The van der Waals surface area contributed by atoms with E-state index in [0.717, 1.165) is 5.56 Å². The predicted molar refractivity (Wildman–Crippen MR) is 112 cm³/mol. The lowest BCUT2D eigenvalue weighted by Gasteiger charge is -2.30. The fraction of sp³-hybridized carbons (Fsp3) is 0.318. The number of anilines is 1. The average molecular weight is 409 g/mol. The van der Waals surface area contributed by atoms with E-state index in [9.17, 15) is 9.90 Å². The van der Waals surface area contributed by atoms with E-state index in [-0.39, 0.29) is 5.91 Å². The highest BCUT2D eigenvalue weighted by Gasteiger charge is 2.32. The number of carbonyl (C=O) groups is 1. The Bertz CT molecular complexity index is 1130. The summed E-state index contributed by atoms with van der Waals surface area (Å²) < 4.78 is 16.3. The molecule has 8 heteroatoms. The maximum absolute atomic E-state index is 13.5. The first-order valence-electron chi connectivity index (χ1n) is 9.57. The van der Waals surface area contributed by atoms with Gasteiger partial charge in [0.2, 0.25) is 0 Å². The van der Waals surface area contributed by atoms with Gasteiger partial charge in [0.15, 0.2) is 11.5 Å². The van der Waals surface area contributed by atoms with Crippen molar-refractivity contribution in [2.75, 3.05) is 32.8 Å². The van der Waals surface area contributed by atoms with Gasteiger partial charge in [0.25, 0.3) is 5.91 Å². The van der Waals surface area contributed by atoms with Gasteiger partial charge in [-0.05, 0) is 31.0 Å². The Morgan fingerprint density at radius 1 is 1.10 bits per heavy atom. The second kappa shape index (κ2) is 7.79. The van der Waals surface area contributed by atoms with Gasteiger partial charge in [-0.3, -0.25) is 4.79 Å². The van der Waals surface area contributed by atoms with Crippen molar-refractivity contribution in [1.29, 1.82) is 0 Å². The molecule has 8 nitrogen and oxygen atoms in total. The number of methoxy groups -OCH3 is 3. The summed E-state index contributed by atoms with van der Waals surface area (Å²) in [6.45, 7) is 2.15. The molecule has 4 rings (SSSR count). The third kappa shape index (κ3) is 3.09. The molecule has 1 atom stereocenters. The topological polar surface area (TPSA) is 94.0 Å². The van der Waals surface area contributed by atoms with Crippen LogP contribution in [0, 0.1) is 0 Å². The molecule has 2 aromatic carbocycles. The number of ether oxygens (including phenoxy) is 3. The molecular weight excluding hydrogens is 386 g/mol. The van der Waals surface area contributed by atoms with Gasteiger partial charge in [-0.1, -0.05) is 6.07 Å². The van der Waals surface area contributed by atoms with Crippen LogP contribution in [0.15, 0.2) is 30.5 Å². The summed E-state index contributed by atoms with van der Waals surface area (Å²) in [7, 11) is 4.60. The quantitative estimate of drug-likeness (QED) is 0.692. The van der Waals surface area contributed by atoms with Crippen LogP contribution in [-0.2, 0) is 6.42 Å². The molecule has 1 aliphatic heterocycles. The minimum absolute atomic E-state index is 0.198. The molecule has 0 spiro atoms. The second-order valence-corrected chi connectivity index (χ2v) is 7.06. The number of hydrogen-bond donors (Lipinski definition) is 1. The summed E-state index contributed by atoms with van der Waals surface area (Å²) in [6.07, 6.45) is 1.48. The Morgan fingerprint density at radius 2 is 1.87 bits per heavy atom. The van der Waals surface area contributed by atoms with Crippen molar-refractivity contribution < 1.29 is 24.1 Å². The van der Waals surface area contributed by atoms with Crippen LogP contribution < -0.4 is 19.1 Å². The number of fused-ring (bicyclic) bond motifs is 2. The third-order valence-corrected chi connectivity index (χ3v) is 5.41. The molecule has 0 radical (unpaired) electrons. The first-order chi connectivity index (χ1) is 14.5. The molecule has 0 saturated heterocycles. The van der Waals surface area contributed by atoms with Crippen LogP contribution in [-0.4, -0.2) is 49.1 Å². The predicted octanol–water partition coefficient (Wildman–Crippen LogP) is 2.91.